The van der Waals surface area contributed by atoms with E-state index in [0.29, 0.717) is 5.02 Å². The first kappa shape index (κ1) is 20.5. The van der Waals surface area contributed by atoms with Gasteiger partial charge in [0, 0.05) is 9.92 Å². The van der Waals surface area contributed by atoms with Crippen LogP contribution in [-0.2, 0) is 10.0 Å². The minimum atomic E-state index is -3.79. The zero-order valence-electron chi connectivity index (χ0n) is 16.1. The molecule has 4 aromatic rings. The summed E-state index contributed by atoms with van der Waals surface area (Å²) in [6.07, 6.45) is 0. The summed E-state index contributed by atoms with van der Waals surface area (Å²) in [6.45, 7) is 0. The Balaban J connectivity index is 1.58. The van der Waals surface area contributed by atoms with Gasteiger partial charge in [-0.2, -0.15) is 0 Å². The van der Waals surface area contributed by atoms with Gasteiger partial charge in [-0.25, -0.2) is 17.5 Å². The van der Waals surface area contributed by atoms with Gasteiger partial charge in [-0.3, -0.25) is 0 Å². The van der Waals surface area contributed by atoms with Crippen LogP contribution in [0, 0.1) is 5.82 Å². The van der Waals surface area contributed by atoms with Crippen molar-refractivity contribution in [1.82, 2.24) is 4.72 Å². The molecule has 0 aromatic heterocycles. The van der Waals surface area contributed by atoms with Crippen molar-refractivity contribution in [3.05, 3.63) is 107 Å². The van der Waals surface area contributed by atoms with Gasteiger partial charge in [0.1, 0.15) is 5.82 Å². The predicted octanol–water partition coefficient (Wildman–Crippen LogP) is 6.50. The van der Waals surface area contributed by atoms with Crippen LogP contribution in [0.25, 0.3) is 10.8 Å². The highest BCUT2D eigenvalue weighted by Crippen LogP contribution is 2.53. The molecule has 0 radical (unpaired) electrons. The molecule has 0 unspecified atom stereocenters. The zero-order valence-corrected chi connectivity index (χ0v) is 18.5. The molecule has 0 aliphatic heterocycles. The Hall–Kier alpha value is -2.38. The van der Waals surface area contributed by atoms with Gasteiger partial charge in [0.2, 0.25) is 10.0 Å². The highest BCUT2D eigenvalue weighted by molar-refractivity contribution is 7.99. The minimum absolute atomic E-state index is 0.158. The molecule has 0 bridgehead atoms. The fraction of sp³-hybridized carbons (Fsp3) is 0.0833. The van der Waals surface area contributed by atoms with Crippen molar-refractivity contribution in [2.24, 2.45) is 0 Å². The molecule has 31 heavy (non-hydrogen) atoms. The summed E-state index contributed by atoms with van der Waals surface area (Å²) in [5.41, 5.74) is 2.00. The lowest BCUT2D eigenvalue weighted by molar-refractivity contribution is 0.557. The van der Waals surface area contributed by atoms with Crippen LogP contribution < -0.4 is 4.72 Å². The number of rotatable bonds is 5. The van der Waals surface area contributed by atoms with E-state index >= 15 is 0 Å². The fourth-order valence-electron chi connectivity index (χ4n) is 4.00. The molecule has 0 amide bonds. The molecule has 0 saturated carbocycles. The Morgan fingerprint density at radius 3 is 2.16 bits per heavy atom. The molecule has 1 aliphatic carbocycles. The third-order valence-corrected chi connectivity index (χ3v) is 8.43. The summed E-state index contributed by atoms with van der Waals surface area (Å²) in [5, 5.41) is 2.40. The molecule has 2 atom stereocenters. The van der Waals surface area contributed by atoms with Crippen LogP contribution in [0.4, 0.5) is 4.39 Å². The quantitative estimate of drug-likeness (QED) is 0.363. The normalized spacial score (nSPS) is 17.9. The summed E-state index contributed by atoms with van der Waals surface area (Å²) in [4.78, 5) is 1.03. The van der Waals surface area contributed by atoms with Gasteiger partial charge >= 0.3 is 0 Å². The smallest absolute Gasteiger partial charge is 0.207 e. The summed E-state index contributed by atoms with van der Waals surface area (Å²) in [6, 6.07) is 23.9. The molecule has 0 fully saturated rings. The number of nitrogens with one attached hydrogen (secondary N) is 1. The Labute approximate surface area is 189 Å². The summed E-state index contributed by atoms with van der Waals surface area (Å²) < 4.78 is 42.7. The highest BCUT2D eigenvalue weighted by Gasteiger charge is 2.37. The van der Waals surface area contributed by atoms with Crippen LogP contribution in [0.2, 0.25) is 5.02 Å². The molecule has 0 saturated heterocycles. The second kappa shape index (κ2) is 7.95. The van der Waals surface area contributed by atoms with Crippen molar-refractivity contribution >= 4 is 44.2 Å². The summed E-state index contributed by atoms with van der Waals surface area (Å²) in [7, 11) is -3.79. The average molecular weight is 470 g/mol. The van der Waals surface area contributed by atoms with Crippen molar-refractivity contribution in [3.8, 4) is 0 Å². The second-order valence-electron chi connectivity index (χ2n) is 7.34. The molecule has 1 N–H and O–H groups in total. The number of hydrogen-bond donors (Lipinski definition) is 1. The van der Waals surface area contributed by atoms with Gasteiger partial charge in [0.05, 0.1) is 16.2 Å². The monoisotopic (exact) mass is 469 g/mol. The van der Waals surface area contributed by atoms with Crippen molar-refractivity contribution in [1.29, 1.82) is 0 Å². The van der Waals surface area contributed by atoms with E-state index in [2.05, 4.69) is 4.72 Å². The first-order valence-electron chi connectivity index (χ1n) is 9.64. The first-order valence-corrected chi connectivity index (χ1v) is 12.4. The van der Waals surface area contributed by atoms with E-state index in [-0.39, 0.29) is 16.0 Å². The Morgan fingerprint density at radius 1 is 0.839 bits per heavy atom. The van der Waals surface area contributed by atoms with Gasteiger partial charge in [-0.1, -0.05) is 48.0 Å². The molecular formula is C24H17ClFNO2S2. The molecule has 0 heterocycles. The molecule has 156 valence electrons. The number of halogens is 2. The van der Waals surface area contributed by atoms with E-state index in [1.54, 1.807) is 24.3 Å². The topological polar surface area (TPSA) is 46.2 Å². The molecule has 3 nitrogen and oxygen atoms in total. The number of sulfonamides is 1. The fourth-order valence-corrected chi connectivity index (χ4v) is 6.70. The van der Waals surface area contributed by atoms with Crippen LogP contribution in [0.1, 0.15) is 22.4 Å². The Bertz CT molecular complexity index is 1370. The molecule has 0 spiro atoms. The maximum atomic E-state index is 13.4. The van der Waals surface area contributed by atoms with Crippen molar-refractivity contribution < 1.29 is 12.8 Å². The standard InChI is InChI=1S/C24H17ClFNO2S2/c25-16-7-13-19(14-8-16)31(28,29)27-23-20-5-1-3-15-4-2-6-21(22(15)20)24(23)30-18-11-9-17(26)10-12-18/h1-14,23-24,27H/t23-,24-/m0/s1. The van der Waals surface area contributed by atoms with Gasteiger partial charge in [-0.15, -0.1) is 11.8 Å². The second-order valence-corrected chi connectivity index (χ2v) is 10.7. The SMILES string of the molecule is O=S(=O)(N[C@H]1c2cccc3cccc(c23)[C@@H]1Sc1ccc(F)cc1)c1ccc(Cl)cc1. The molecular weight excluding hydrogens is 453 g/mol. The molecule has 7 heteroatoms. The van der Waals surface area contributed by atoms with E-state index in [1.165, 1.54) is 36.0 Å². The van der Waals surface area contributed by atoms with Gasteiger partial charge in [0.15, 0.2) is 0 Å². The van der Waals surface area contributed by atoms with Crippen molar-refractivity contribution in [3.63, 3.8) is 0 Å². The van der Waals surface area contributed by atoms with Crippen LogP contribution in [0.3, 0.4) is 0 Å². The maximum Gasteiger partial charge on any atom is 0.241 e. The number of thioether (sulfide) groups is 1. The lowest BCUT2D eigenvalue weighted by atomic mass is 10.1. The van der Waals surface area contributed by atoms with Gasteiger partial charge in [-0.05, 0) is 70.4 Å². The maximum absolute atomic E-state index is 13.4. The minimum Gasteiger partial charge on any atom is -0.207 e. The first-order chi connectivity index (χ1) is 14.9. The van der Waals surface area contributed by atoms with Crippen molar-refractivity contribution in [2.45, 2.75) is 21.1 Å². The van der Waals surface area contributed by atoms with E-state index in [0.717, 1.165) is 26.8 Å². The largest absolute Gasteiger partial charge is 0.241 e. The van der Waals surface area contributed by atoms with E-state index in [9.17, 15) is 12.8 Å². The van der Waals surface area contributed by atoms with E-state index < -0.39 is 16.1 Å². The average Bonchev–Trinajstić information content (AvgIpc) is 3.04. The lowest BCUT2D eigenvalue weighted by Crippen LogP contribution is -2.30. The molecule has 4 aromatic carbocycles. The van der Waals surface area contributed by atoms with Crippen molar-refractivity contribution in [2.75, 3.05) is 0 Å². The molecule has 1 aliphatic rings. The number of benzene rings is 4. The third-order valence-electron chi connectivity index (χ3n) is 5.40. The summed E-state index contributed by atoms with van der Waals surface area (Å²) in [5.74, 6) is -0.304. The molecule has 5 rings (SSSR count). The van der Waals surface area contributed by atoms with Crippen LogP contribution in [0.5, 0.6) is 0 Å². The Morgan fingerprint density at radius 2 is 1.48 bits per heavy atom. The zero-order chi connectivity index (χ0) is 21.6. The van der Waals surface area contributed by atoms with Crippen LogP contribution >= 0.6 is 23.4 Å². The lowest BCUT2D eigenvalue weighted by Gasteiger charge is -2.23. The third kappa shape index (κ3) is 3.85. The van der Waals surface area contributed by atoms with Gasteiger partial charge < -0.3 is 0 Å². The Kier molecular flexibility index (Phi) is 5.26. The van der Waals surface area contributed by atoms with Crippen LogP contribution in [-0.4, -0.2) is 8.42 Å². The van der Waals surface area contributed by atoms with Crippen LogP contribution in [0.15, 0.2) is 94.7 Å². The van der Waals surface area contributed by atoms with Gasteiger partial charge in [0.25, 0.3) is 0 Å². The van der Waals surface area contributed by atoms with E-state index in [4.69, 9.17) is 11.6 Å². The predicted molar refractivity (Wildman–Crippen MR) is 123 cm³/mol. The van der Waals surface area contributed by atoms with E-state index in [1.807, 2.05) is 36.4 Å². The summed E-state index contributed by atoms with van der Waals surface area (Å²) >= 11 is 7.45. The highest BCUT2D eigenvalue weighted by atomic mass is 35.5. The number of hydrogen-bond acceptors (Lipinski definition) is 3.